The second-order valence-corrected chi connectivity index (χ2v) is 11.4. The Bertz CT molecular complexity index is 1570. The van der Waals surface area contributed by atoms with Crippen molar-refractivity contribution in [1.82, 2.24) is 9.97 Å². The lowest BCUT2D eigenvalue weighted by Crippen LogP contribution is -2.12. The number of fused-ring (bicyclic) bond motifs is 2. The van der Waals surface area contributed by atoms with Gasteiger partial charge in [-0.3, -0.25) is 9.97 Å². The predicted octanol–water partition coefficient (Wildman–Crippen LogP) is 9.18. The SMILES string of the molecule is CC(C)(C)c1ccnc(-c2ccc3c(c2)N(c2cccc(-c4ccccn4)c2)c2ccccc2CS3)c1. The molecule has 0 saturated heterocycles. The van der Waals surface area contributed by atoms with Crippen LogP contribution in [-0.4, -0.2) is 9.97 Å². The molecule has 0 unspecified atom stereocenters. The van der Waals surface area contributed by atoms with Gasteiger partial charge in [0.25, 0.3) is 0 Å². The van der Waals surface area contributed by atoms with Gasteiger partial charge in [0, 0.05) is 39.9 Å². The monoisotopic (exact) mass is 499 g/mol. The van der Waals surface area contributed by atoms with Gasteiger partial charge in [-0.15, -0.1) is 11.8 Å². The number of thioether (sulfide) groups is 1. The average molecular weight is 500 g/mol. The van der Waals surface area contributed by atoms with Gasteiger partial charge in [0.2, 0.25) is 0 Å². The van der Waals surface area contributed by atoms with Crippen LogP contribution in [0, 0.1) is 0 Å². The van der Waals surface area contributed by atoms with Crippen LogP contribution in [0.25, 0.3) is 22.5 Å². The lowest BCUT2D eigenvalue weighted by molar-refractivity contribution is 0.589. The number of nitrogens with zero attached hydrogens (tertiary/aromatic N) is 3. The minimum Gasteiger partial charge on any atom is -0.309 e. The van der Waals surface area contributed by atoms with E-state index in [9.17, 15) is 0 Å². The van der Waals surface area contributed by atoms with Crippen molar-refractivity contribution in [3.8, 4) is 22.5 Å². The lowest BCUT2D eigenvalue weighted by atomic mass is 9.87. The van der Waals surface area contributed by atoms with Crippen molar-refractivity contribution >= 4 is 28.8 Å². The summed E-state index contributed by atoms with van der Waals surface area (Å²) in [5.74, 6) is 0.927. The van der Waals surface area contributed by atoms with Gasteiger partial charge in [-0.2, -0.15) is 0 Å². The van der Waals surface area contributed by atoms with E-state index < -0.39 is 0 Å². The molecule has 1 aliphatic heterocycles. The number of anilines is 3. The molecule has 4 heteroatoms. The highest BCUT2D eigenvalue weighted by Crippen LogP contribution is 2.48. The van der Waals surface area contributed by atoms with Crippen LogP contribution in [0.1, 0.15) is 31.9 Å². The van der Waals surface area contributed by atoms with Crippen molar-refractivity contribution in [3.63, 3.8) is 0 Å². The number of hydrogen-bond acceptors (Lipinski definition) is 4. The summed E-state index contributed by atoms with van der Waals surface area (Å²) in [7, 11) is 0. The van der Waals surface area contributed by atoms with E-state index in [-0.39, 0.29) is 5.41 Å². The second-order valence-electron chi connectivity index (χ2n) is 10.4. The first kappa shape index (κ1) is 23.5. The zero-order valence-corrected chi connectivity index (χ0v) is 22.2. The molecule has 1 aliphatic rings. The fourth-order valence-electron chi connectivity index (χ4n) is 4.78. The third-order valence-electron chi connectivity index (χ3n) is 6.80. The van der Waals surface area contributed by atoms with Crippen LogP contribution in [0.15, 0.2) is 114 Å². The molecule has 0 saturated carbocycles. The Morgan fingerprint density at radius 1 is 0.676 bits per heavy atom. The molecular weight excluding hydrogens is 470 g/mol. The Morgan fingerprint density at radius 3 is 2.32 bits per heavy atom. The van der Waals surface area contributed by atoms with E-state index in [4.69, 9.17) is 4.98 Å². The Hall–Kier alpha value is -3.89. The van der Waals surface area contributed by atoms with Gasteiger partial charge in [-0.25, -0.2) is 0 Å². The third-order valence-corrected chi connectivity index (χ3v) is 7.91. The molecule has 182 valence electrons. The van der Waals surface area contributed by atoms with Crippen LogP contribution in [0.2, 0.25) is 0 Å². The number of aromatic nitrogens is 2. The zero-order valence-electron chi connectivity index (χ0n) is 21.3. The number of hydrogen-bond donors (Lipinski definition) is 0. The van der Waals surface area contributed by atoms with Crippen LogP contribution >= 0.6 is 11.8 Å². The number of pyridine rings is 2. The van der Waals surface area contributed by atoms with E-state index >= 15 is 0 Å². The summed E-state index contributed by atoms with van der Waals surface area (Å²) in [6.07, 6.45) is 3.78. The molecule has 3 heterocycles. The topological polar surface area (TPSA) is 29.0 Å². The van der Waals surface area contributed by atoms with Gasteiger partial charge in [0.1, 0.15) is 0 Å². The van der Waals surface area contributed by atoms with Crippen LogP contribution in [-0.2, 0) is 11.2 Å². The normalized spacial score (nSPS) is 13.0. The van der Waals surface area contributed by atoms with Gasteiger partial charge in [-0.1, -0.05) is 63.2 Å². The maximum absolute atomic E-state index is 4.76. The lowest BCUT2D eigenvalue weighted by Gasteiger charge is -2.28. The summed E-state index contributed by atoms with van der Waals surface area (Å²) < 4.78 is 0. The molecule has 3 aromatic carbocycles. The highest BCUT2D eigenvalue weighted by atomic mass is 32.2. The number of benzene rings is 3. The summed E-state index contributed by atoms with van der Waals surface area (Å²) in [5.41, 5.74) is 10.4. The fourth-order valence-corrected chi connectivity index (χ4v) is 5.80. The van der Waals surface area contributed by atoms with Crippen molar-refractivity contribution in [1.29, 1.82) is 0 Å². The van der Waals surface area contributed by atoms with E-state index in [0.717, 1.165) is 34.0 Å². The summed E-state index contributed by atoms with van der Waals surface area (Å²) in [6, 6.07) is 34.6. The van der Waals surface area contributed by atoms with Crippen LogP contribution in [0.3, 0.4) is 0 Å². The van der Waals surface area contributed by atoms with Gasteiger partial charge in [0.05, 0.1) is 22.8 Å². The highest BCUT2D eigenvalue weighted by molar-refractivity contribution is 7.98. The molecule has 5 aromatic rings. The molecule has 0 bridgehead atoms. The maximum Gasteiger partial charge on any atom is 0.0705 e. The number of rotatable bonds is 3. The number of para-hydroxylation sites is 1. The maximum atomic E-state index is 4.76. The standard InChI is InChI=1S/C33H29N3S/c1-33(2,3)26-16-18-35-29(21-26)24-14-15-32-31(20-24)36(30-13-5-4-9-25(30)22-37-32)27-11-8-10-23(19-27)28-12-6-7-17-34-28/h4-21H,22H2,1-3H3. The van der Waals surface area contributed by atoms with Crippen LogP contribution in [0.4, 0.5) is 17.1 Å². The Labute approximate surface area is 223 Å². The molecule has 0 fully saturated rings. The summed E-state index contributed by atoms with van der Waals surface area (Å²) in [4.78, 5) is 13.0. The van der Waals surface area contributed by atoms with E-state index in [1.807, 2.05) is 36.3 Å². The van der Waals surface area contributed by atoms with Crippen molar-refractivity contribution < 1.29 is 0 Å². The Kier molecular flexibility index (Phi) is 6.05. The molecule has 0 aliphatic carbocycles. The van der Waals surface area contributed by atoms with E-state index in [1.165, 1.54) is 27.4 Å². The largest absolute Gasteiger partial charge is 0.309 e. The smallest absolute Gasteiger partial charge is 0.0705 e. The molecule has 0 atom stereocenters. The molecule has 0 spiro atoms. The molecule has 0 amide bonds. The Morgan fingerprint density at radius 2 is 1.49 bits per heavy atom. The third kappa shape index (κ3) is 4.65. The summed E-state index contributed by atoms with van der Waals surface area (Å²) in [5, 5.41) is 0. The molecule has 0 N–H and O–H groups in total. The fraction of sp³-hybridized carbons (Fsp3) is 0.152. The van der Waals surface area contributed by atoms with E-state index in [2.05, 4.69) is 116 Å². The molecule has 2 aromatic heterocycles. The summed E-state index contributed by atoms with van der Waals surface area (Å²) >= 11 is 1.89. The van der Waals surface area contributed by atoms with Crippen molar-refractivity contribution in [3.05, 3.63) is 121 Å². The molecule has 3 nitrogen and oxygen atoms in total. The Balaban J connectivity index is 1.53. The first-order valence-electron chi connectivity index (χ1n) is 12.6. The van der Waals surface area contributed by atoms with Gasteiger partial charge in [-0.05, 0) is 71.1 Å². The molecule has 0 radical (unpaired) electrons. The summed E-state index contributed by atoms with van der Waals surface area (Å²) in [6.45, 7) is 6.73. The average Bonchev–Trinajstić information content (AvgIpc) is 3.10. The van der Waals surface area contributed by atoms with Crippen molar-refractivity contribution in [2.45, 2.75) is 36.8 Å². The van der Waals surface area contributed by atoms with Crippen LogP contribution in [0.5, 0.6) is 0 Å². The zero-order chi connectivity index (χ0) is 25.4. The molecule has 6 rings (SSSR count). The van der Waals surface area contributed by atoms with Gasteiger partial charge < -0.3 is 4.90 Å². The quantitative estimate of drug-likeness (QED) is 0.247. The van der Waals surface area contributed by atoms with E-state index in [0.29, 0.717) is 0 Å². The predicted molar refractivity (Wildman–Crippen MR) is 156 cm³/mol. The minimum atomic E-state index is 0.0656. The minimum absolute atomic E-state index is 0.0656. The first-order valence-corrected chi connectivity index (χ1v) is 13.6. The first-order chi connectivity index (χ1) is 18.0. The van der Waals surface area contributed by atoms with Gasteiger partial charge >= 0.3 is 0 Å². The second kappa shape index (κ2) is 9.53. The molecular formula is C33H29N3S. The molecule has 37 heavy (non-hydrogen) atoms. The van der Waals surface area contributed by atoms with Crippen molar-refractivity contribution in [2.24, 2.45) is 0 Å². The van der Waals surface area contributed by atoms with Gasteiger partial charge in [0.15, 0.2) is 0 Å². The van der Waals surface area contributed by atoms with E-state index in [1.54, 1.807) is 0 Å². The highest BCUT2D eigenvalue weighted by Gasteiger charge is 2.24. The van der Waals surface area contributed by atoms with Crippen molar-refractivity contribution in [2.75, 3.05) is 4.90 Å². The van der Waals surface area contributed by atoms with Crippen LogP contribution < -0.4 is 4.90 Å².